The summed E-state index contributed by atoms with van der Waals surface area (Å²) < 4.78 is 2.04. The highest BCUT2D eigenvalue weighted by Gasteiger charge is 2.20. The Morgan fingerprint density at radius 3 is 2.61 bits per heavy atom. The van der Waals surface area contributed by atoms with E-state index in [2.05, 4.69) is 22.5 Å². The summed E-state index contributed by atoms with van der Waals surface area (Å²) in [5.41, 5.74) is 9.89. The Balaban J connectivity index is 1.83. The van der Waals surface area contributed by atoms with Crippen molar-refractivity contribution in [3.63, 3.8) is 0 Å². The van der Waals surface area contributed by atoms with Crippen LogP contribution in [0.25, 0.3) is 26.6 Å². The fraction of sp³-hybridized carbons (Fsp3) is 0.174. The lowest BCUT2D eigenvalue weighted by molar-refractivity contribution is -0.136. The van der Waals surface area contributed by atoms with Crippen LogP contribution in [0.4, 0.5) is 0 Å². The molecule has 0 bridgehead atoms. The molecule has 0 unspecified atom stereocenters. The molecule has 0 aliphatic rings. The minimum Gasteiger partial charge on any atom is -0.481 e. The van der Waals surface area contributed by atoms with Crippen LogP contribution in [0.5, 0.6) is 0 Å². The third kappa shape index (κ3) is 4.17. The van der Waals surface area contributed by atoms with Crippen molar-refractivity contribution in [3.8, 4) is 26.6 Å². The van der Waals surface area contributed by atoms with Gasteiger partial charge in [0.2, 0.25) is 5.91 Å². The smallest absolute Gasteiger partial charge is 0.303 e. The molecule has 3 aromatic heterocycles. The topological polar surface area (TPSA) is 98.2 Å². The summed E-state index contributed by atoms with van der Waals surface area (Å²) in [6.07, 6.45) is 4.23. The molecule has 0 aliphatic heterocycles. The second-order valence-corrected chi connectivity index (χ2v) is 9.24. The number of carboxylic acids is 1. The molecule has 158 valence electrons. The Bertz CT molecular complexity index is 1280. The van der Waals surface area contributed by atoms with Gasteiger partial charge in [0.25, 0.3) is 0 Å². The second-order valence-electron chi connectivity index (χ2n) is 7.22. The number of nitrogens with zero attached hydrogens (tertiary/aromatic N) is 2. The lowest BCUT2D eigenvalue weighted by Gasteiger charge is -2.11. The van der Waals surface area contributed by atoms with Gasteiger partial charge in [-0.3, -0.25) is 14.2 Å². The van der Waals surface area contributed by atoms with Gasteiger partial charge in [-0.2, -0.15) is 0 Å². The number of aliphatic carboxylic acids is 1. The molecular weight excluding hydrogens is 430 g/mol. The molecule has 3 N–H and O–H groups in total. The summed E-state index contributed by atoms with van der Waals surface area (Å²) in [7, 11) is 0. The number of carbonyl (C=O) groups is 2. The summed E-state index contributed by atoms with van der Waals surface area (Å²) in [4.78, 5) is 29.2. The van der Waals surface area contributed by atoms with Crippen LogP contribution in [0.2, 0.25) is 0 Å². The van der Waals surface area contributed by atoms with Crippen molar-refractivity contribution in [1.29, 1.82) is 0 Å². The van der Waals surface area contributed by atoms with E-state index in [-0.39, 0.29) is 6.42 Å². The zero-order chi connectivity index (χ0) is 22.1. The highest BCUT2D eigenvalue weighted by molar-refractivity contribution is 7.18. The van der Waals surface area contributed by atoms with Gasteiger partial charge in [-0.15, -0.1) is 22.7 Å². The summed E-state index contributed by atoms with van der Waals surface area (Å²) in [5.74, 6) is -0.375. The minimum atomic E-state index is -0.823. The molecule has 0 spiro atoms. The Labute approximate surface area is 187 Å². The Hall–Kier alpha value is -3.23. The third-order valence-corrected chi connectivity index (χ3v) is 7.30. The lowest BCUT2D eigenvalue weighted by atomic mass is 9.94. The molecular formula is C23H21N3O3S2. The van der Waals surface area contributed by atoms with Crippen molar-refractivity contribution in [2.45, 2.75) is 26.7 Å². The molecule has 0 saturated heterocycles. The Morgan fingerprint density at radius 1 is 1.16 bits per heavy atom. The minimum absolute atomic E-state index is 0.0648. The van der Waals surface area contributed by atoms with Gasteiger partial charge in [0.1, 0.15) is 10.8 Å². The summed E-state index contributed by atoms with van der Waals surface area (Å²) in [6, 6.07) is 9.56. The van der Waals surface area contributed by atoms with Gasteiger partial charge in [-0.1, -0.05) is 6.07 Å². The van der Waals surface area contributed by atoms with E-state index in [4.69, 9.17) is 5.73 Å². The number of thiophene rings is 2. The molecule has 0 saturated carbocycles. The number of aryl methyl sites for hydroxylation is 3. The van der Waals surface area contributed by atoms with E-state index >= 15 is 0 Å². The van der Waals surface area contributed by atoms with Gasteiger partial charge in [0.05, 0.1) is 6.42 Å². The zero-order valence-corrected chi connectivity index (χ0v) is 18.7. The first-order chi connectivity index (χ1) is 14.8. The van der Waals surface area contributed by atoms with Crippen LogP contribution < -0.4 is 5.73 Å². The highest BCUT2D eigenvalue weighted by atomic mass is 32.1. The largest absolute Gasteiger partial charge is 0.481 e. The highest BCUT2D eigenvalue weighted by Crippen LogP contribution is 2.44. The molecule has 6 nitrogen and oxygen atoms in total. The fourth-order valence-electron chi connectivity index (χ4n) is 3.59. The maximum Gasteiger partial charge on any atom is 0.303 e. The van der Waals surface area contributed by atoms with Crippen LogP contribution in [0.1, 0.15) is 33.0 Å². The summed E-state index contributed by atoms with van der Waals surface area (Å²) in [5, 5.41) is 12.3. The van der Waals surface area contributed by atoms with Crippen molar-refractivity contribution < 1.29 is 14.7 Å². The van der Waals surface area contributed by atoms with Gasteiger partial charge in [0.15, 0.2) is 0 Å². The lowest BCUT2D eigenvalue weighted by Crippen LogP contribution is -2.11. The van der Waals surface area contributed by atoms with Crippen LogP contribution in [-0.2, 0) is 11.2 Å². The Kier molecular flexibility index (Phi) is 5.75. The number of hydrogen-bond donors (Lipinski definition) is 2. The van der Waals surface area contributed by atoms with Crippen LogP contribution in [0, 0.1) is 13.8 Å². The number of amides is 1. The zero-order valence-electron chi connectivity index (χ0n) is 17.1. The van der Waals surface area contributed by atoms with Gasteiger partial charge in [-0.05, 0) is 55.7 Å². The van der Waals surface area contributed by atoms with Gasteiger partial charge < -0.3 is 10.8 Å². The first kappa shape index (κ1) is 21.0. The molecule has 0 fully saturated rings. The molecule has 4 rings (SSSR count). The monoisotopic (exact) mass is 451 g/mol. The van der Waals surface area contributed by atoms with Crippen molar-refractivity contribution in [2.24, 2.45) is 5.73 Å². The first-order valence-corrected chi connectivity index (χ1v) is 11.4. The quantitative estimate of drug-likeness (QED) is 0.410. The normalized spacial score (nSPS) is 11.0. The van der Waals surface area contributed by atoms with E-state index in [1.807, 2.05) is 30.7 Å². The third-order valence-electron chi connectivity index (χ3n) is 5.13. The Morgan fingerprint density at radius 2 is 1.97 bits per heavy atom. The number of aromatic nitrogens is 2. The first-order valence-electron chi connectivity index (χ1n) is 9.68. The van der Waals surface area contributed by atoms with Crippen LogP contribution >= 0.6 is 22.7 Å². The van der Waals surface area contributed by atoms with E-state index in [9.17, 15) is 14.7 Å². The maximum atomic E-state index is 11.6. The van der Waals surface area contributed by atoms with Crippen LogP contribution in [0.3, 0.4) is 0 Å². The van der Waals surface area contributed by atoms with Crippen molar-refractivity contribution in [3.05, 3.63) is 69.9 Å². The number of benzene rings is 1. The molecule has 4 aromatic rings. The molecule has 1 amide bonds. The van der Waals surface area contributed by atoms with Crippen molar-refractivity contribution in [1.82, 2.24) is 9.55 Å². The predicted molar refractivity (Wildman–Crippen MR) is 124 cm³/mol. The summed E-state index contributed by atoms with van der Waals surface area (Å²) >= 11 is 3.23. The number of rotatable bonds is 7. The average molecular weight is 452 g/mol. The number of carbonyl (C=O) groups excluding carboxylic acids is 1. The van der Waals surface area contributed by atoms with E-state index in [1.165, 1.54) is 0 Å². The van der Waals surface area contributed by atoms with Crippen molar-refractivity contribution >= 4 is 34.6 Å². The molecule has 3 heterocycles. The number of carboxylic acid groups (broad SMARTS) is 1. The van der Waals surface area contributed by atoms with Crippen LogP contribution in [-0.4, -0.2) is 26.5 Å². The van der Waals surface area contributed by atoms with E-state index < -0.39 is 11.9 Å². The second kappa shape index (κ2) is 8.49. The number of imidazole rings is 1. The fourth-order valence-corrected chi connectivity index (χ4v) is 5.79. The SMILES string of the molecule is Cc1cc(C(N)=O)ccc1-c1c(-c2ccc(-n3ccnc3C)s2)csc1CCC(=O)O. The molecule has 31 heavy (non-hydrogen) atoms. The maximum absolute atomic E-state index is 11.6. The molecule has 0 atom stereocenters. The summed E-state index contributed by atoms with van der Waals surface area (Å²) in [6.45, 7) is 3.90. The molecule has 0 radical (unpaired) electrons. The number of hydrogen-bond acceptors (Lipinski definition) is 5. The van der Waals surface area contributed by atoms with E-state index in [0.29, 0.717) is 12.0 Å². The molecule has 8 heteroatoms. The van der Waals surface area contributed by atoms with Gasteiger partial charge in [0, 0.05) is 44.2 Å². The average Bonchev–Trinajstić information content (AvgIpc) is 3.45. The van der Waals surface area contributed by atoms with Gasteiger partial charge in [-0.25, -0.2) is 4.98 Å². The molecule has 0 aliphatic carbocycles. The number of primary amides is 1. The van der Waals surface area contributed by atoms with Gasteiger partial charge >= 0.3 is 5.97 Å². The van der Waals surface area contributed by atoms with E-state index in [0.717, 1.165) is 42.8 Å². The van der Waals surface area contributed by atoms with E-state index in [1.54, 1.807) is 41.0 Å². The number of nitrogens with two attached hydrogens (primary N) is 1. The predicted octanol–water partition coefficient (Wildman–Crippen LogP) is 5.06. The molecule has 1 aromatic carbocycles. The standard InChI is InChI=1S/C23H21N3O3S2/c1-13-11-15(23(24)29)3-4-16(13)22-17(12-30-19(22)6-8-21(27)28)18-5-7-20(31-18)26-10-9-25-14(26)2/h3-5,7,9-12H,6,8H2,1-2H3,(H2,24,29)(H,27,28). The van der Waals surface area contributed by atoms with Crippen LogP contribution in [0.15, 0.2) is 48.1 Å². The van der Waals surface area contributed by atoms with Crippen molar-refractivity contribution in [2.75, 3.05) is 0 Å².